The average Bonchev–Trinajstić information content (AvgIpc) is 3.57. The van der Waals surface area contributed by atoms with E-state index < -0.39 is 11.7 Å². The van der Waals surface area contributed by atoms with Crippen molar-refractivity contribution in [2.75, 3.05) is 50.2 Å². The van der Waals surface area contributed by atoms with Gasteiger partial charge in [0.15, 0.2) is 5.82 Å². The minimum atomic E-state index is -4.58. The number of aryl methyl sites for hydroxylation is 1. The summed E-state index contributed by atoms with van der Waals surface area (Å²) in [7, 11) is 5.19. The van der Waals surface area contributed by atoms with Crippen molar-refractivity contribution in [2.45, 2.75) is 51.0 Å². The fourth-order valence-corrected chi connectivity index (χ4v) is 6.24. The third kappa shape index (κ3) is 4.79. The monoisotopic (exact) mass is 572 g/mol. The molecule has 10 nitrogen and oxygen atoms in total. The molecule has 0 bridgehead atoms. The van der Waals surface area contributed by atoms with E-state index in [4.69, 9.17) is 9.84 Å². The molecule has 0 aliphatic carbocycles. The van der Waals surface area contributed by atoms with Gasteiger partial charge in [0.25, 0.3) is 0 Å². The summed E-state index contributed by atoms with van der Waals surface area (Å²) in [5.41, 5.74) is 2.84. The van der Waals surface area contributed by atoms with Crippen LogP contribution in [-0.4, -0.2) is 76.9 Å². The Morgan fingerprint density at radius 3 is 2.56 bits per heavy atom. The van der Waals surface area contributed by atoms with E-state index in [0.717, 1.165) is 24.1 Å². The summed E-state index contributed by atoms with van der Waals surface area (Å²) in [6, 6.07) is 2.81. The molecule has 1 saturated heterocycles. The number of aromatic nitrogens is 4. The summed E-state index contributed by atoms with van der Waals surface area (Å²) in [5.74, 6) is 0.614. The van der Waals surface area contributed by atoms with E-state index >= 15 is 0 Å². The second kappa shape index (κ2) is 10.3. The maximum Gasteiger partial charge on any atom is 0.417 e. The number of hydrogen-bond acceptors (Lipinski definition) is 6. The lowest BCUT2D eigenvalue weighted by Crippen LogP contribution is -2.45. The highest BCUT2D eigenvalue weighted by Gasteiger charge is 2.40. The number of carbonyl (C=O) groups excluding carboxylic acids is 1. The molecule has 41 heavy (non-hydrogen) atoms. The molecular weight excluding hydrogens is 537 g/mol. The summed E-state index contributed by atoms with van der Waals surface area (Å²) in [6.45, 7) is 4.66. The summed E-state index contributed by atoms with van der Waals surface area (Å²) in [6.07, 6.45) is 0.728. The number of nitrogens with zero attached hydrogens (tertiary/aromatic N) is 7. The number of alkyl halides is 3. The van der Waals surface area contributed by atoms with Gasteiger partial charge in [0.05, 0.1) is 35.7 Å². The van der Waals surface area contributed by atoms with Crippen molar-refractivity contribution < 1.29 is 22.7 Å². The van der Waals surface area contributed by atoms with Crippen LogP contribution >= 0.6 is 0 Å². The Balaban J connectivity index is 1.53. The predicted octanol–water partition coefficient (Wildman–Crippen LogP) is 4.33. The summed E-state index contributed by atoms with van der Waals surface area (Å²) < 4.78 is 52.9. The molecule has 3 aromatic rings. The Kier molecular flexibility index (Phi) is 6.87. The number of fused-ring (bicyclic) bond motifs is 2. The van der Waals surface area contributed by atoms with Gasteiger partial charge in [0, 0.05) is 82.9 Å². The number of urea groups is 1. The molecule has 2 amide bonds. The standard InChI is InChI=1S/C28H35F3N8O2/c1-17-14-38(25-12-22(28(29,30)31)20(11-24(25)36(17)4)18-13-33-35(3)15-18)26-21-16-37(27(40)32-2)8-5-23(21)39(34-26)19-6-9-41-10-7-19/h11-13,15,17,19H,5-10,14,16H2,1-4H3,(H,32,40)/t17-/m0/s1. The zero-order valence-corrected chi connectivity index (χ0v) is 23.7. The Labute approximate surface area is 236 Å². The fourth-order valence-electron chi connectivity index (χ4n) is 6.24. The Morgan fingerprint density at radius 2 is 1.90 bits per heavy atom. The first-order valence-electron chi connectivity index (χ1n) is 14.0. The molecule has 6 rings (SSSR count). The molecule has 0 spiro atoms. The van der Waals surface area contributed by atoms with Gasteiger partial charge in [-0.3, -0.25) is 9.36 Å². The molecule has 13 heteroatoms. The van der Waals surface area contributed by atoms with Crippen molar-refractivity contribution in [2.24, 2.45) is 7.05 Å². The SMILES string of the molecule is CNC(=O)N1CCc2c(c(N3C[C@H](C)N(C)c4cc(-c5cnn(C)c5)c(C(F)(F)F)cc43)nn2C2CCOCC2)C1. The molecule has 2 aromatic heterocycles. The van der Waals surface area contributed by atoms with Gasteiger partial charge in [-0.15, -0.1) is 0 Å². The number of hydrogen-bond donors (Lipinski definition) is 1. The smallest absolute Gasteiger partial charge is 0.381 e. The molecule has 0 unspecified atom stereocenters. The summed E-state index contributed by atoms with van der Waals surface area (Å²) in [4.78, 5) is 18.3. The molecule has 5 heterocycles. The van der Waals surface area contributed by atoms with Gasteiger partial charge < -0.3 is 24.8 Å². The van der Waals surface area contributed by atoms with Crippen LogP contribution in [0.4, 0.5) is 35.2 Å². The molecule has 1 aromatic carbocycles. The van der Waals surface area contributed by atoms with Crippen LogP contribution in [0.1, 0.15) is 42.6 Å². The number of anilines is 3. The zero-order chi connectivity index (χ0) is 29.1. The highest BCUT2D eigenvalue weighted by atomic mass is 19.4. The van der Waals surface area contributed by atoms with Gasteiger partial charge >= 0.3 is 12.2 Å². The fraction of sp³-hybridized carbons (Fsp3) is 0.536. The third-order valence-electron chi connectivity index (χ3n) is 8.57. The van der Waals surface area contributed by atoms with Crippen molar-refractivity contribution >= 4 is 23.2 Å². The van der Waals surface area contributed by atoms with E-state index in [-0.39, 0.29) is 23.7 Å². The van der Waals surface area contributed by atoms with Crippen molar-refractivity contribution in [3.63, 3.8) is 0 Å². The van der Waals surface area contributed by atoms with E-state index in [1.807, 2.05) is 16.8 Å². The number of nitrogens with one attached hydrogen (secondary N) is 1. The molecule has 1 N–H and O–H groups in total. The molecule has 1 atom stereocenters. The average molecular weight is 573 g/mol. The lowest BCUT2D eigenvalue weighted by atomic mass is 9.96. The Hall–Kier alpha value is -3.74. The van der Waals surface area contributed by atoms with Crippen LogP contribution in [-0.2, 0) is 30.9 Å². The molecule has 3 aliphatic rings. The summed E-state index contributed by atoms with van der Waals surface area (Å²) in [5, 5.41) is 11.9. The number of rotatable bonds is 3. The first-order valence-corrected chi connectivity index (χ1v) is 14.0. The van der Waals surface area contributed by atoms with Gasteiger partial charge in [-0.2, -0.15) is 23.4 Å². The molecule has 1 fully saturated rings. The van der Waals surface area contributed by atoms with Gasteiger partial charge in [-0.05, 0) is 37.5 Å². The van der Waals surface area contributed by atoms with E-state index in [1.54, 1.807) is 31.3 Å². The van der Waals surface area contributed by atoms with Crippen molar-refractivity contribution in [1.82, 2.24) is 29.8 Å². The molecule has 3 aliphatic heterocycles. The highest BCUT2D eigenvalue weighted by Crippen LogP contribution is 2.48. The Morgan fingerprint density at radius 1 is 1.15 bits per heavy atom. The van der Waals surface area contributed by atoms with Crippen molar-refractivity contribution in [1.29, 1.82) is 0 Å². The van der Waals surface area contributed by atoms with Crippen LogP contribution in [0.25, 0.3) is 11.1 Å². The number of halogens is 3. The van der Waals surface area contributed by atoms with Crippen LogP contribution in [0.15, 0.2) is 24.5 Å². The number of likely N-dealkylation sites (N-methyl/N-ethyl adjacent to an activating group) is 1. The number of ether oxygens (including phenoxy) is 1. The van der Waals surface area contributed by atoms with E-state index in [0.29, 0.717) is 62.0 Å². The third-order valence-corrected chi connectivity index (χ3v) is 8.57. The summed E-state index contributed by atoms with van der Waals surface area (Å²) >= 11 is 0. The van der Waals surface area contributed by atoms with Crippen LogP contribution in [0.2, 0.25) is 0 Å². The molecule has 0 saturated carbocycles. The van der Waals surface area contributed by atoms with E-state index in [2.05, 4.69) is 22.0 Å². The van der Waals surface area contributed by atoms with E-state index in [9.17, 15) is 18.0 Å². The van der Waals surface area contributed by atoms with Crippen LogP contribution < -0.4 is 15.1 Å². The maximum absolute atomic E-state index is 14.6. The minimum Gasteiger partial charge on any atom is -0.381 e. The van der Waals surface area contributed by atoms with Gasteiger partial charge in [0.2, 0.25) is 0 Å². The largest absolute Gasteiger partial charge is 0.417 e. The van der Waals surface area contributed by atoms with Crippen LogP contribution in [0.3, 0.4) is 0 Å². The number of amides is 2. The lowest BCUT2D eigenvalue weighted by Gasteiger charge is -2.42. The Bertz CT molecular complexity index is 1460. The highest BCUT2D eigenvalue weighted by molar-refractivity contribution is 5.86. The van der Waals surface area contributed by atoms with Crippen molar-refractivity contribution in [3.05, 3.63) is 41.3 Å². The first kappa shape index (κ1) is 27.4. The second-order valence-electron chi connectivity index (χ2n) is 11.1. The maximum atomic E-state index is 14.6. The second-order valence-corrected chi connectivity index (χ2v) is 11.1. The van der Waals surface area contributed by atoms with Gasteiger partial charge in [-0.1, -0.05) is 0 Å². The molecule has 220 valence electrons. The van der Waals surface area contributed by atoms with Crippen LogP contribution in [0, 0.1) is 0 Å². The zero-order valence-electron chi connectivity index (χ0n) is 23.7. The number of carbonyl (C=O) groups is 1. The molecular formula is C28H35F3N8O2. The van der Waals surface area contributed by atoms with E-state index in [1.165, 1.54) is 16.9 Å². The lowest BCUT2D eigenvalue weighted by molar-refractivity contribution is -0.137. The van der Waals surface area contributed by atoms with Crippen molar-refractivity contribution in [3.8, 4) is 11.1 Å². The van der Waals surface area contributed by atoms with Gasteiger partial charge in [-0.25, -0.2) is 4.79 Å². The van der Waals surface area contributed by atoms with Crippen LogP contribution in [0.5, 0.6) is 0 Å². The first-order chi connectivity index (χ1) is 19.6. The quantitative estimate of drug-likeness (QED) is 0.503. The minimum absolute atomic E-state index is 0.0106. The van der Waals surface area contributed by atoms with Gasteiger partial charge in [0.1, 0.15) is 0 Å². The number of benzene rings is 1. The molecule has 0 radical (unpaired) electrons. The predicted molar refractivity (Wildman–Crippen MR) is 148 cm³/mol. The normalized spacial score (nSPS) is 19.8. The topological polar surface area (TPSA) is 83.7 Å².